The number of carbonyl (C=O) groups is 2. The number of amides is 1. The number of fused-ring (bicyclic) bond motifs is 1. The molecular weight excluding hydrogens is 534 g/mol. The van der Waals surface area contributed by atoms with Gasteiger partial charge in [0.05, 0.1) is 11.8 Å². The number of hydrogen-bond acceptors (Lipinski definition) is 7. The third-order valence-corrected chi connectivity index (χ3v) is 8.12. The molecule has 6 nitrogen and oxygen atoms in total. The number of nitrogens with two attached hydrogens (primary N) is 1. The highest BCUT2D eigenvalue weighted by Gasteiger charge is 2.26. The molecule has 0 bridgehead atoms. The van der Waals surface area contributed by atoms with Crippen molar-refractivity contribution in [2.75, 3.05) is 11.1 Å². The van der Waals surface area contributed by atoms with Gasteiger partial charge in [0, 0.05) is 26.5 Å². The van der Waals surface area contributed by atoms with Crippen molar-refractivity contribution in [2.24, 2.45) is 0 Å². The molecule has 0 saturated carbocycles. The zero-order chi connectivity index (χ0) is 24.7. The van der Waals surface area contributed by atoms with E-state index in [4.69, 9.17) is 10.5 Å². The molecule has 3 heterocycles. The number of hydrogen-bond donors (Lipinski definition) is 2. The largest absolute Gasteiger partial charge is 0.459 e. The first-order valence-electron chi connectivity index (χ1n) is 10.6. The van der Waals surface area contributed by atoms with Crippen LogP contribution in [0.2, 0.25) is 0 Å². The highest BCUT2D eigenvalue weighted by Crippen LogP contribution is 2.40. The normalized spacial score (nSPS) is 11.3. The topological polar surface area (TPSA) is 94.3 Å². The van der Waals surface area contributed by atoms with E-state index in [0.29, 0.717) is 26.7 Å². The molecule has 1 aromatic carbocycles. The van der Waals surface area contributed by atoms with Crippen molar-refractivity contribution in [2.45, 2.75) is 40.7 Å². The van der Waals surface area contributed by atoms with Crippen LogP contribution in [0.15, 0.2) is 34.1 Å². The van der Waals surface area contributed by atoms with E-state index in [-0.39, 0.29) is 12.0 Å². The van der Waals surface area contributed by atoms with E-state index >= 15 is 0 Å². The Labute approximate surface area is 214 Å². The van der Waals surface area contributed by atoms with Gasteiger partial charge in [-0.2, -0.15) is 0 Å². The van der Waals surface area contributed by atoms with Crippen LogP contribution in [0.25, 0.3) is 21.3 Å². The van der Waals surface area contributed by atoms with Crippen LogP contribution in [-0.2, 0) is 4.74 Å². The van der Waals surface area contributed by atoms with Gasteiger partial charge in [0.25, 0.3) is 5.91 Å². The Bertz CT molecular complexity index is 1420. The van der Waals surface area contributed by atoms with Gasteiger partial charge in [-0.3, -0.25) is 4.79 Å². The fourth-order valence-electron chi connectivity index (χ4n) is 3.66. The molecule has 3 aromatic heterocycles. The molecule has 1 amide bonds. The minimum atomic E-state index is -0.488. The van der Waals surface area contributed by atoms with Crippen molar-refractivity contribution >= 4 is 71.4 Å². The minimum absolute atomic E-state index is 0.299. The van der Waals surface area contributed by atoms with Crippen LogP contribution in [0.3, 0.4) is 0 Å². The summed E-state index contributed by atoms with van der Waals surface area (Å²) in [6.45, 7) is 9.51. The first kappa shape index (κ1) is 24.4. The number of nitrogens with one attached hydrogen (secondary N) is 1. The Morgan fingerprint density at radius 3 is 2.44 bits per heavy atom. The number of rotatable bonds is 5. The van der Waals surface area contributed by atoms with Gasteiger partial charge in [0.1, 0.15) is 20.3 Å². The second-order valence-electron chi connectivity index (χ2n) is 8.24. The monoisotopic (exact) mass is 557 g/mol. The number of nitrogens with zero attached hydrogens (tertiary/aromatic N) is 1. The number of pyridine rings is 1. The number of nitrogen functional groups attached to an aromatic ring is 1. The molecule has 0 unspecified atom stereocenters. The molecule has 34 heavy (non-hydrogen) atoms. The van der Waals surface area contributed by atoms with Gasteiger partial charge in [-0.15, -0.1) is 22.7 Å². The molecule has 4 aromatic rings. The van der Waals surface area contributed by atoms with Crippen LogP contribution >= 0.6 is 38.6 Å². The van der Waals surface area contributed by atoms with E-state index in [1.807, 2.05) is 50.4 Å². The van der Waals surface area contributed by atoms with Crippen molar-refractivity contribution in [1.29, 1.82) is 0 Å². The summed E-state index contributed by atoms with van der Waals surface area (Å²) in [4.78, 5) is 32.1. The van der Waals surface area contributed by atoms with Gasteiger partial charge in [0.2, 0.25) is 0 Å². The standard InChI is InChI=1S/C25H24BrN3O3S2/c1-11(2)32-25(31)19-17(15-6-8-16(26)9-7-15)10-33-23(19)29-22(30)21-20(27)18-13(4)12(3)14(5)28-24(18)34-21/h6-11H,27H2,1-5H3,(H,29,30). The molecule has 0 aliphatic heterocycles. The number of esters is 1. The molecule has 4 rings (SSSR count). The average molecular weight is 559 g/mol. The third kappa shape index (κ3) is 4.47. The maximum absolute atomic E-state index is 13.3. The Balaban J connectivity index is 1.76. The van der Waals surface area contributed by atoms with Crippen molar-refractivity contribution in [1.82, 2.24) is 4.98 Å². The van der Waals surface area contributed by atoms with Crippen molar-refractivity contribution in [3.05, 3.63) is 61.4 Å². The maximum Gasteiger partial charge on any atom is 0.342 e. The molecular formula is C25H24BrN3O3S2. The van der Waals surface area contributed by atoms with Gasteiger partial charge in [-0.1, -0.05) is 28.1 Å². The van der Waals surface area contributed by atoms with Gasteiger partial charge in [0.15, 0.2) is 0 Å². The van der Waals surface area contributed by atoms with E-state index < -0.39 is 5.97 Å². The number of aromatic nitrogens is 1. The minimum Gasteiger partial charge on any atom is -0.459 e. The molecule has 0 saturated heterocycles. The molecule has 0 radical (unpaired) electrons. The highest BCUT2D eigenvalue weighted by molar-refractivity contribution is 9.10. The summed E-state index contributed by atoms with van der Waals surface area (Å²) in [5, 5.41) is 5.98. The molecule has 0 aliphatic rings. The summed E-state index contributed by atoms with van der Waals surface area (Å²) >= 11 is 5.97. The average Bonchev–Trinajstić information content (AvgIpc) is 3.33. The van der Waals surface area contributed by atoms with E-state index in [0.717, 1.165) is 37.1 Å². The van der Waals surface area contributed by atoms with Gasteiger partial charge in [-0.05, 0) is 63.4 Å². The summed E-state index contributed by atoms with van der Waals surface area (Å²) in [7, 11) is 0. The molecule has 0 fully saturated rings. The first-order valence-corrected chi connectivity index (χ1v) is 13.1. The molecule has 9 heteroatoms. The maximum atomic E-state index is 13.3. The fourth-order valence-corrected chi connectivity index (χ4v) is 5.98. The SMILES string of the molecule is Cc1nc2sc(C(=O)Nc3scc(-c4ccc(Br)cc4)c3C(=O)OC(C)C)c(N)c2c(C)c1C. The fraction of sp³-hybridized carbons (Fsp3) is 0.240. The second kappa shape index (κ2) is 9.48. The Morgan fingerprint density at radius 2 is 1.79 bits per heavy atom. The van der Waals surface area contributed by atoms with E-state index in [1.165, 1.54) is 22.7 Å². The summed E-state index contributed by atoms with van der Waals surface area (Å²) in [5.74, 6) is -0.865. The van der Waals surface area contributed by atoms with Gasteiger partial charge < -0.3 is 15.8 Å². The first-order chi connectivity index (χ1) is 16.1. The van der Waals surface area contributed by atoms with E-state index in [1.54, 1.807) is 13.8 Å². The summed E-state index contributed by atoms with van der Waals surface area (Å²) in [6, 6.07) is 7.63. The predicted molar refractivity (Wildman–Crippen MR) is 144 cm³/mol. The zero-order valence-electron chi connectivity index (χ0n) is 19.4. The lowest BCUT2D eigenvalue weighted by atomic mass is 10.0. The van der Waals surface area contributed by atoms with E-state index in [9.17, 15) is 9.59 Å². The summed E-state index contributed by atoms with van der Waals surface area (Å²) < 4.78 is 6.43. The smallest absolute Gasteiger partial charge is 0.342 e. The third-order valence-electron chi connectivity index (χ3n) is 5.60. The van der Waals surface area contributed by atoms with Crippen LogP contribution in [0.5, 0.6) is 0 Å². The molecule has 0 spiro atoms. The number of carbonyl (C=O) groups excluding carboxylic acids is 2. The van der Waals surface area contributed by atoms with Gasteiger partial charge >= 0.3 is 5.97 Å². The number of aryl methyl sites for hydroxylation is 2. The molecule has 0 atom stereocenters. The van der Waals surface area contributed by atoms with Crippen molar-refractivity contribution in [3.63, 3.8) is 0 Å². The Kier molecular flexibility index (Phi) is 6.80. The predicted octanol–water partition coefficient (Wildman–Crippen LogP) is 7.11. The Hall–Kier alpha value is -2.75. The molecule has 0 aliphatic carbocycles. The van der Waals surface area contributed by atoms with Crippen molar-refractivity contribution < 1.29 is 14.3 Å². The highest BCUT2D eigenvalue weighted by atomic mass is 79.9. The zero-order valence-corrected chi connectivity index (χ0v) is 22.6. The lowest BCUT2D eigenvalue weighted by Crippen LogP contribution is -2.16. The number of ether oxygens (including phenoxy) is 1. The molecule has 176 valence electrons. The van der Waals surface area contributed by atoms with Crippen molar-refractivity contribution in [3.8, 4) is 11.1 Å². The van der Waals surface area contributed by atoms with E-state index in [2.05, 4.69) is 26.2 Å². The number of halogens is 1. The summed E-state index contributed by atoms with van der Waals surface area (Å²) in [5.41, 5.74) is 11.7. The quantitative estimate of drug-likeness (QED) is 0.255. The van der Waals surface area contributed by atoms with Crippen LogP contribution in [0.4, 0.5) is 10.7 Å². The van der Waals surface area contributed by atoms with Crippen LogP contribution < -0.4 is 11.1 Å². The number of anilines is 2. The number of thiophene rings is 2. The van der Waals surface area contributed by atoms with Gasteiger partial charge in [-0.25, -0.2) is 9.78 Å². The second-order valence-corrected chi connectivity index (χ2v) is 11.0. The van der Waals surface area contributed by atoms with Crippen LogP contribution in [-0.4, -0.2) is 23.0 Å². The van der Waals surface area contributed by atoms with Crippen LogP contribution in [0.1, 0.15) is 50.7 Å². The Morgan fingerprint density at radius 1 is 1.12 bits per heavy atom. The summed E-state index contributed by atoms with van der Waals surface area (Å²) in [6.07, 6.45) is -0.299. The lowest BCUT2D eigenvalue weighted by Gasteiger charge is -2.12. The lowest BCUT2D eigenvalue weighted by molar-refractivity contribution is 0.0380. The van der Waals surface area contributed by atoms with Crippen LogP contribution in [0, 0.1) is 20.8 Å². The molecule has 3 N–H and O–H groups in total. The number of benzene rings is 1.